The van der Waals surface area contributed by atoms with E-state index in [0.29, 0.717) is 19.8 Å². The van der Waals surface area contributed by atoms with E-state index in [0.717, 1.165) is 47.7 Å². The fraction of sp³-hybridized carbons (Fsp3) is 0.213. The Morgan fingerprint density at radius 2 is 1.11 bits per heavy atom. The first-order chi connectivity index (χ1) is 25.8. The highest BCUT2D eigenvalue weighted by molar-refractivity contribution is 5.90. The summed E-state index contributed by atoms with van der Waals surface area (Å²) in [4.78, 5) is 14.1. The molecule has 0 bridgehead atoms. The predicted octanol–water partition coefficient (Wildman–Crippen LogP) is 11.6. The number of carbonyl (C=O) groups excluding carboxylic acids is 1. The Balaban J connectivity index is 0.000000187. The van der Waals surface area contributed by atoms with Gasteiger partial charge in [0.15, 0.2) is 0 Å². The van der Waals surface area contributed by atoms with Crippen LogP contribution in [0.25, 0.3) is 22.3 Å². The standard InChI is InChI=1S/C26H27NO3.C21H19NO.ClH/c1-26(2,3)30-25(28)27-16-15-22-17-23(13-14-24(22)27)29-18-19-9-11-21(12-10-19)20-7-5-4-6-8-20;1-2-4-17(5-3-1)18-8-6-16(7-9-18)15-23-20-10-11-21-19(14-20)12-13-22-21;/h4-14,17H,15-16,18H2,1-3H3;1-11,14,22H,12-13,15H2;1H. The van der Waals surface area contributed by atoms with E-state index in [9.17, 15) is 4.79 Å². The lowest BCUT2D eigenvalue weighted by atomic mass is 10.0. The molecule has 2 heterocycles. The number of benzene rings is 6. The van der Waals surface area contributed by atoms with Gasteiger partial charge in [-0.2, -0.15) is 0 Å². The monoisotopic (exact) mass is 738 g/mol. The molecule has 8 rings (SSSR count). The van der Waals surface area contributed by atoms with Crippen LogP contribution < -0.4 is 19.7 Å². The van der Waals surface area contributed by atoms with Crippen LogP contribution in [0.15, 0.2) is 146 Å². The third-order valence-corrected chi connectivity index (χ3v) is 9.28. The van der Waals surface area contributed by atoms with Gasteiger partial charge in [-0.25, -0.2) is 4.79 Å². The second-order valence-corrected chi connectivity index (χ2v) is 14.4. The average molecular weight is 739 g/mol. The third-order valence-electron chi connectivity index (χ3n) is 9.28. The molecular weight excluding hydrogens is 692 g/mol. The van der Waals surface area contributed by atoms with Gasteiger partial charge in [0.2, 0.25) is 0 Å². The minimum absolute atomic E-state index is 0. The van der Waals surface area contributed by atoms with E-state index in [1.54, 1.807) is 4.90 Å². The Morgan fingerprint density at radius 3 is 1.65 bits per heavy atom. The summed E-state index contributed by atoms with van der Waals surface area (Å²) in [7, 11) is 0. The molecule has 6 aromatic carbocycles. The number of halogens is 1. The smallest absolute Gasteiger partial charge is 0.414 e. The van der Waals surface area contributed by atoms with Crippen molar-refractivity contribution in [3.8, 4) is 33.8 Å². The van der Waals surface area contributed by atoms with E-state index in [4.69, 9.17) is 14.2 Å². The number of hydrogen-bond acceptors (Lipinski definition) is 5. The molecule has 0 atom stereocenters. The van der Waals surface area contributed by atoms with Crippen LogP contribution >= 0.6 is 12.4 Å². The van der Waals surface area contributed by atoms with Crippen LogP contribution in [0.1, 0.15) is 43.0 Å². The molecule has 7 heteroatoms. The normalized spacial score (nSPS) is 12.6. The summed E-state index contributed by atoms with van der Waals surface area (Å²) in [6.45, 7) is 8.40. The van der Waals surface area contributed by atoms with Crippen molar-refractivity contribution in [3.63, 3.8) is 0 Å². The van der Waals surface area contributed by atoms with Crippen LogP contribution in [0, 0.1) is 0 Å². The van der Waals surface area contributed by atoms with Crippen LogP contribution in [-0.4, -0.2) is 24.8 Å². The van der Waals surface area contributed by atoms with Crippen molar-refractivity contribution >= 4 is 29.9 Å². The molecule has 0 fully saturated rings. The number of hydrogen-bond donors (Lipinski definition) is 1. The lowest BCUT2D eigenvalue weighted by molar-refractivity contribution is 0.0584. The van der Waals surface area contributed by atoms with Crippen molar-refractivity contribution in [1.82, 2.24) is 0 Å². The van der Waals surface area contributed by atoms with E-state index in [1.165, 1.54) is 39.1 Å². The molecule has 54 heavy (non-hydrogen) atoms. The number of ether oxygens (including phenoxy) is 3. The summed E-state index contributed by atoms with van der Waals surface area (Å²) in [5.74, 6) is 1.76. The van der Waals surface area contributed by atoms with Crippen molar-refractivity contribution < 1.29 is 19.0 Å². The summed E-state index contributed by atoms with van der Waals surface area (Å²) < 4.78 is 17.5. The summed E-state index contributed by atoms with van der Waals surface area (Å²) in [6, 6.07) is 49.9. The van der Waals surface area contributed by atoms with Gasteiger partial charge in [-0.05, 0) is 115 Å². The maximum absolute atomic E-state index is 12.4. The first kappa shape index (κ1) is 38.0. The van der Waals surface area contributed by atoms with Crippen molar-refractivity contribution in [2.45, 2.75) is 52.4 Å². The molecule has 2 aliphatic rings. The zero-order valence-corrected chi connectivity index (χ0v) is 31.9. The lowest BCUT2D eigenvalue weighted by Crippen LogP contribution is -2.35. The first-order valence-corrected chi connectivity index (χ1v) is 18.3. The van der Waals surface area contributed by atoms with Gasteiger partial charge < -0.3 is 19.5 Å². The molecule has 0 aliphatic carbocycles. The van der Waals surface area contributed by atoms with Gasteiger partial charge in [-0.15, -0.1) is 12.4 Å². The highest BCUT2D eigenvalue weighted by Crippen LogP contribution is 2.33. The van der Waals surface area contributed by atoms with Gasteiger partial charge in [-0.1, -0.05) is 109 Å². The van der Waals surface area contributed by atoms with Gasteiger partial charge in [0.05, 0.1) is 5.69 Å². The zero-order chi connectivity index (χ0) is 36.6. The average Bonchev–Trinajstić information content (AvgIpc) is 3.84. The third kappa shape index (κ3) is 9.82. The molecule has 276 valence electrons. The number of amides is 1. The lowest BCUT2D eigenvalue weighted by Gasteiger charge is -2.24. The van der Waals surface area contributed by atoms with Crippen molar-refractivity contribution in [2.75, 3.05) is 23.3 Å². The highest BCUT2D eigenvalue weighted by Gasteiger charge is 2.29. The maximum atomic E-state index is 12.4. The predicted molar refractivity (Wildman–Crippen MR) is 222 cm³/mol. The SMILES string of the molecule is CC(C)(C)OC(=O)N1CCc2cc(OCc3ccc(-c4ccccc4)cc3)ccc21.Cl.c1ccc(-c2ccc(COc3ccc4c(c3)CCN4)cc2)cc1. The summed E-state index contributed by atoms with van der Waals surface area (Å²) in [5.41, 5.74) is 11.3. The molecule has 6 aromatic rings. The number of carbonyl (C=O) groups is 1. The van der Waals surface area contributed by atoms with Gasteiger partial charge in [0.1, 0.15) is 30.3 Å². The number of nitrogens with one attached hydrogen (secondary N) is 1. The Morgan fingerprint density at radius 1 is 0.611 bits per heavy atom. The van der Waals surface area contributed by atoms with Gasteiger partial charge in [0.25, 0.3) is 0 Å². The van der Waals surface area contributed by atoms with E-state index in [-0.39, 0.29) is 18.5 Å². The fourth-order valence-electron chi connectivity index (χ4n) is 6.53. The summed E-state index contributed by atoms with van der Waals surface area (Å²) >= 11 is 0. The number of fused-ring (bicyclic) bond motifs is 2. The molecule has 0 spiro atoms. The number of nitrogens with zero attached hydrogens (tertiary/aromatic N) is 1. The van der Waals surface area contributed by atoms with Crippen LogP contribution in [0.4, 0.5) is 16.2 Å². The highest BCUT2D eigenvalue weighted by atomic mass is 35.5. The quantitative estimate of drug-likeness (QED) is 0.168. The van der Waals surface area contributed by atoms with Crippen LogP contribution in [0.2, 0.25) is 0 Å². The summed E-state index contributed by atoms with van der Waals surface area (Å²) in [6.07, 6.45) is 1.59. The fourth-order valence-corrected chi connectivity index (χ4v) is 6.53. The van der Waals surface area contributed by atoms with E-state index < -0.39 is 5.60 Å². The minimum atomic E-state index is -0.501. The van der Waals surface area contributed by atoms with E-state index in [1.807, 2.05) is 69.3 Å². The van der Waals surface area contributed by atoms with E-state index >= 15 is 0 Å². The molecule has 0 aromatic heterocycles. The topological polar surface area (TPSA) is 60.0 Å². The van der Waals surface area contributed by atoms with Crippen molar-refractivity contribution in [2.24, 2.45) is 0 Å². The van der Waals surface area contributed by atoms with Gasteiger partial charge in [-0.3, -0.25) is 4.90 Å². The molecule has 0 saturated carbocycles. The maximum Gasteiger partial charge on any atom is 0.414 e. The molecule has 0 radical (unpaired) electrons. The molecule has 0 saturated heterocycles. The number of anilines is 2. The van der Waals surface area contributed by atoms with Gasteiger partial charge in [0, 0.05) is 18.8 Å². The first-order valence-electron chi connectivity index (χ1n) is 18.3. The molecule has 1 amide bonds. The second kappa shape index (κ2) is 17.4. The Labute approximate surface area is 325 Å². The van der Waals surface area contributed by atoms with E-state index in [2.05, 4.69) is 102 Å². The zero-order valence-electron chi connectivity index (χ0n) is 31.1. The second-order valence-electron chi connectivity index (χ2n) is 14.4. The Bertz CT molecular complexity index is 2130. The Hall–Kier alpha value is -5.72. The molecular formula is C47H47ClN2O4. The molecule has 0 unspecified atom stereocenters. The van der Waals surface area contributed by atoms with Gasteiger partial charge >= 0.3 is 6.09 Å². The Kier molecular flexibility index (Phi) is 12.3. The largest absolute Gasteiger partial charge is 0.489 e. The molecule has 6 nitrogen and oxygen atoms in total. The number of rotatable bonds is 8. The minimum Gasteiger partial charge on any atom is -0.489 e. The van der Waals surface area contributed by atoms with Crippen LogP contribution in [-0.2, 0) is 30.8 Å². The van der Waals surface area contributed by atoms with Crippen LogP contribution in [0.3, 0.4) is 0 Å². The summed E-state index contributed by atoms with van der Waals surface area (Å²) in [5, 5.41) is 3.37. The van der Waals surface area contributed by atoms with Crippen molar-refractivity contribution in [3.05, 3.63) is 168 Å². The van der Waals surface area contributed by atoms with Crippen LogP contribution in [0.5, 0.6) is 11.5 Å². The molecule has 1 N–H and O–H groups in total. The molecule has 2 aliphatic heterocycles. The van der Waals surface area contributed by atoms with Crippen molar-refractivity contribution in [1.29, 1.82) is 0 Å².